The van der Waals surface area contributed by atoms with Crippen molar-refractivity contribution >= 4 is 16.7 Å². The molecule has 6 nitrogen and oxygen atoms in total. The Morgan fingerprint density at radius 1 is 1.17 bits per heavy atom. The van der Waals surface area contributed by atoms with Gasteiger partial charge >= 0.3 is 0 Å². The first kappa shape index (κ1) is 20.2. The molecule has 2 heterocycles. The summed E-state index contributed by atoms with van der Waals surface area (Å²) in [5.74, 6) is -0.433. The lowest BCUT2D eigenvalue weighted by Crippen LogP contribution is -2.28. The van der Waals surface area contributed by atoms with Gasteiger partial charge in [0.2, 0.25) is 0 Å². The summed E-state index contributed by atoms with van der Waals surface area (Å²) in [5, 5.41) is 10.8. The normalized spacial score (nSPS) is 14.7. The molecule has 0 radical (unpaired) electrons. The van der Waals surface area contributed by atoms with Gasteiger partial charge in [0, 0.05) is 31.6 Å². The SMILES string of the molecule is O=C(NCCC1CCOCC1)c1cc(Cc2n[nH]c(=O)c3ccccc23)ccc1F. The highest BCUT2D eigenvalue weighted by atomic mass is 19.1. The van der Waals surface area contributed by atoms with E-state index in [1.54, 1.807) is 24.3 Å². The Kier molecular flexibility index (Phi) is 6.18. The molecular formula is C23H24FN3O3. The first-order valence-electron chi connectivity index (χ1n) is 10.2. The molecule has 30 heavy (non-hydrogen) atoms. The van der Waals surface area contributed by atoms with Crippen LogP contribution in [0.25, 0.3) is 10.8 Å². The second kappa shape index (κ2) is 9.17. The smallest absolute Gasteiger partial charge is 0.272 e. The van der Waals surface area contributed by atoms with E-state index in [1.165, 1.54) is 6.07 Å². The first-order chi connectivity index (χ1) is 14.6. The van der Waals surface area contributed by atoms with Crippen LogP contribution in [0.15, 0.2) is 47.3 Å². The summed E-state index contributed by atoms with van der Waals surface area (Å²) >= 11 is 0. The number of ether oxygens (including phenoxy) is 1. The van der Waals surface area contributed by atoms with Gasteiger partial charge in [-0.25, -0.2) is 9.49 Å². The monoisotopic (exact) mass is 409 g/mol. The van der Waals surface area contributed by atoms with E-state index < -0.39 is 11.7 Å². The zero-order chi connectivity index (χ0) is 20.9. The Hall–Kier alpha value is -3.06. The molecule has 1 amide bonds. The highest BCUT2D eigenvalue weighted by molar-refractivity contribution is 5.94. The molecule has 1 fully saturated rings. The average Bonchev–Trinajstić information content (AvgIpc) is 2.78. The minimum Gasteiger partial charge on any atom is -0.381 e. The number of carbonyl (C=O) groups is 1. The molecule has 0 atom stereocenters. The number of hydrogen-bond acceptors (Lipinski definition) is 4. The molecule has 0 spiro atoms. The summed E-state index contributed by atoms with van der Waals surface area (Å²) in [7, 11) is 0. The van der Waals surface area contributed by atoms with Gasteiger partial charge in [-0.2, -0.15) is 5.10 Å². The molecular weight excluding hydrogens is 385 g/mol. The molecule has 0 unspecified atom stereocenters. The third-order valence-electron chi connectivity index (χ3n) is 5.60. The van der Waals surface area contributed by atoms with Crippen LogP contribution >= 0.6 is 0 Å². The van der Waals surface area contributed by atoms with Crippen LogP contribution < -0.4 is 10.9 Å². The van der Waals surface area contributed by atoms with Gasteiger partial charge in [0.05, 0.1) is 16.6 Å². The zero-order valence-corrected chi connectivity index (χ0v) is 16.6. The van der Waals surface area contributed by atoms with Crippen molar-refractivity contribution in [1.29, 1.82) is 0 Å². The fraction of sp³-hybridized carbons (Fsp3) is 0.348. The average molecular weight is 409 g/mol. The maximum absolute atomic E-state index is 14.3. The standard InChI is InChI=1S/C23H24FN3O3/c24-20-6-5-16(14-21-17-3-1-2-4-18(17)23(29)27-26-21)13-19(20)22(28)25-10-7-15-8-11-30-12-9-15/h1-6,13,15H,7-12,14H2,(H,25,28)(H,27,29). The van der Waals surface area contributed by atoms with Crippen molar-refractivity contribution in [2.24, 2.45) is 5.92 Å². The maximum Gasteiger partial charge on any atom is 0.272 e. The predicted octanol–water partition coefficient (Wildman–Crippen LogP) is 3.20. The number of benzene rings is 2. The summed E-state index contributed by atoms with van der Waals surface area (Å²) in [5.41, 5.74) is 1.18. The molecule has 7 heteroatoms. The molecule has 0 bridgehead atoms. The lowest BCUT2D eigenvalue weighted by Gasteiger charge is -2.21. The van der Waals surface area contributed by atoms with Gasteiger partial charge in [0.25, 0.3) is 11.5 Å². The second-order valence-electron chi connectivity index (χ2n) is 7.64. The van der Waals surface area contributed by atoms with E-state index in [4.69, 9.17) is 4.74 Å². The number of aromatic amines is 1. The number of carbonyl (C=O) groups excluding carboxylic acids is 1. The molecule has 0 saturated carbocycles. The van der Waals surface area contributed by atoms with Gasteiger partial charge in [-0.05, 0) is 48.9 Å². The van der Waals surface area contributed by atoms with Gasteiger partial charge in [-0.1, -0.05) is 24.3 Å². The molecule has 156 valence electrons. The van der Waals surface area contributed by atoms with Crippen LogP contribution in [-0.4, -0.2) is 35.9 Å². The van der Waals surface area contributed by atoms with E-state index in [0.717, 1.165) is 43.4 Å². The van der Waals surface area contributed by atoms with Crippen molar-refractivity contribution in [1.82, 2.24) is 15.5 Å². The minimum atomic E-state index is -0.554. The number of hydrogen-bond donors (Lipinski definition) is 2. The number of H-pyrrole nitrogens is 1. The highest BCUT2D eigenvalue weighted by Gasteiger charge is 2.16. The molecule has 2 N–H and O–H groups in total. The molecule has 2 aromatic carbocycles. The number of aromatic nitrogens is 2. The van der Waals surface area contributed by atoms with Crippen molar-refractivity contribution in [2.75, 3.05) is 19.8 Å². The molecule has 0 aliphatic carbocycles. The molecule has 3 aromatic rings. The highest BCUT2D eigenvalue weighted by Crippen LogP contribution is 2.20. The van der Waals surface area contributed by atoms with Crippen LogP contribution in [0.5, 0.6) is 0 Å². The van der Waals surface area contributed by atoms with Gasteiger partial charge in [-0.15, -0.1) is 0 Å². The Bertz CT molecular complexity index is 1110. The summed E-state index contributed by atoms with van der Waals surface area (Å²) < 4.78 is 19.7. The predicted molar refractivity (Wildman–Crippen MR) is 112 cm³/mol. The Morgan fingerprint density at radius 3 is 2.73 bits per heavy atom. The van der Waals surface area contributed by atoms with Crippen molar-refractivity contribution in [2.45, 2.75) is 25.7 Å². The quantitative estimate of drug-likeness (QED) is 0.655. The third kappa shape index (κ3) is 4.57. The summed E-state index contributed by atoms with van der Waals surface area (Å²) in [6.07, 6.45) is 3.24. The van der Waals surface area contributed by atoms with E-state index in [1.807, 2.05) is 12.1 Å². The number of halogens is 1. The molecule has 1 saturated heterocycles. The topological polar surface area (TPSA) is 84.1 Å². The van der Waals surface area contributed by atoms with Crippen LogP contribution in [0.3, 0.4) is 0 Å². The zero-order valence-electron chi connectivity index (χ0n) is 16.6. The van der Waals surface area contributed by atoms with Crippen molar-refractivity contribution in [3.8, 4) is 0 Å². The van der Waals surface area contributed by atoms with Crippen molar-refractivity contribution in [3.05, 3.63) is 75.5 Å². The Balaban J connectivity index is 1.47. The van der Waals surface area contributed by atoms with Gasteiger partial charge in [0.1, 0.15) is 5.82 Å². The summed E-state index contributed by atoms with van der Waals surface area (Å²) in [4.78, 5) is 24.5. The maximum atomic E-state index is 14.3. The number of fused-ring (bicyclic) bond motifs is 1. The molecule has 1 aliphatic rings. The summed E-state index contributed by atoms with van der Waals surface area (Å²) in [6.45, 7) is 2.05. The largest absolute Gasteiger partial charge is 0.381 e. The van der Waals surface area contributed by atoms with Crippen LogP contribution in [0.4, 0.5) is 4.39 Å². The molecule has 4 rings (SSSR count). The van der Waals surface area contributed by atoms with E-state index in [-0.39, 0.29) is 11.1 Å². The van der Waals surface area contributed by atoms with Crippen molar-refractivity contribution < 1.29 is 13.9 Å². The fourth-order valence-electron chi connectivity index (χ4n) is 3.88. The minimum absolute atomic E-state index is 0.0215. The van der Waals surface area contributed by atoms with Crippen molar-refractivity contribution in [3.63, 3.8) is 0 Å². The van der Waals surface area contributed by atoms with Gasteiger partial charge in [-0.3, -0.25) is 9.59 Å². The van der Waals surface area contributed by atoms with Crippen LogP contribution in [-0.2, 0) is 11.2 Å². The Labute approximate surface area is 173 Å². The molecule has 1 aliphatic heterocycles. The third-order valence-corrected chi connectivity index (χ3v) is 5.60. The van der Waals surface area contributed by atoms with E-state index >= 15 is 0 Å². The van der Waals surface area contributed by atoms with Crippen LogP contribution in [0.1, 0.15) is 40.9 Å². The number of nitrogens with one attached hydrogen (secondary N) is 2. The summed E-state index contributed by atoms with van der Waals surface area (Å²) in [6, 6.07) is 11.7. The Morgan fingerprint density at radius 2 is 1.93 bits per heavy atom. The van der Waals surface area contributed by atoms with E-state index in [2.05, 4.69) is 15.5 Å². The first-order valence-corrected chi connectivity index (χ1v) is 10.2. The van der Waals surface area contributed by atoms with Crippen LogP contribution in [0.2, 0.25) is 0 Å². The lowest BCUT2D eigenvalue weighted by atomic mass is 9.96. The molecule has 1 aromatic heterocycles. The van der Waals surface area contributed by atoms with Gasteiger partial charge < -0.3 is 10.1 Å². The van der Waals surface area contributed by atoms with Crippen LogP contribution in [0, 0.1) is 11.7 Å². The number of nitrogens with zero attached hydrogens (tertiary/aromatic N) is 1. The van der Waals surface area contributed by atoms with Gasteiger partial charge in [0.15, 0.2) is 0 Å². The second-order valence-corrected chi connectivity index (χ2v) is 7.64. The lowest BCUT2D eigenvalue weighted by molar-refractivity contribution is 0.0636. The number of amides is 1. The van der Waals surface area contributed by atoms with E-state index in [9.17, 15) is 14.0 Å². The fourth-order valence-corrected chi connectivity index (χ4v) is 3.88. The number of rotatable bonds is 6. The van der Waals surface area contributed by atoms with E-state index in [0.29, 0.717) is 30.0 Å².